The standard InChI is InChI=1S/C25H19F2N3O2/c1-16-21(15-28-29-23(31)14-17-5-9-19(26)10-6-17)22-4-2-3-13-30(22)24(16)25(32)18-7-11-20(27)12-8-18/h2-13,15H,14H2,1H3,(H,29,31)/b28-15+. The zero-order valence-electron chi connectivity index (χ0n) is 17.2. The monoisotopic (exact) mass is 431 g/mol. The second-order valence-corrected chi connectivity index (χ2v) is 7.28. The fraction of sp³-hybridized carbons (Fsp3) is 0.0800. The number of carbonyl (C=O) groups excluding carboxylic acids is 2. The van der Waals surface area contributed by atoms with E-state index < -0.39 is 5.82 Å². The highest BCUT2D eigenvalue weighted by atomic mass is 19.1. The van der Waals surface area contributed by atoms with E-state index in [2.05, 4.69) is 10.5 Å². The Morgan fingerprint density at radius 1 is 0.969 bits per heavy atom. The lowest BCUT2D eigenvalue weighted by atomic mass is 10.0. The van der Waals surface area contributed by atoms with Crippen molar-refractivity contribution in [3.8, 4) is 0 Å². The summed E-state index contributed by atoms with van der Waals surface area (Å²) in [5.74, 6) is -1.38. The number of amides is 1. The molecule has 4 rings (SSSR count). The summed E-state index contributed by atoms with van der Waals surface area (Å²) in [6.07, 6.45) is 3.32. The third-order valence-corrected chi connectivity index (χ3v) is 5.12. The van der Waals surface area contributed by atoms with Crippen molar-refractivity contribution in [2.75, 3.05) is 0 Å². The molecule has 1 N–H and O–H groups in total. The van der Waals surface area contributed by atoms with Gasteiger partial charge in [-0.05, 0) is 66.6 Å². The summed E-state index contributed by atoms with van der Waals surface area (Å²) in [6.45, 7) is 1.80. The van der Waals surface area contributed by atoms with E-state index in [0.717, 1.165) is 5.52 Å². The van der Waals surface area contributed by atoms with Gasteiger partial charge in [-0.25, -0.2) is 14.2 Å². The molecule has 0 fully saturated rings. The molecule has 2 aromatic heterocycles. The average Bonchev–Trinajstić information content (AvgIpc) is 3.07. The van der Waals surface area contributed by atoms with E-state index in [4.69, 9.17) is 0 Å². The summed E-state index contributed by atoms with van der Waals surface area (Å²) >= 11 is 0. The average molecular weight is 431 g/mol. The number of ketones is 1. The third kappa shape index (κ3) is 4.32. The number of fused-ring (bicyclic) bond motifs is 1. The van der Waals surface area contributed by atoms with Crippen LogP contribution in [0.2, 0.25) is 0 Å². The van der Waals surface area contributed by atoms with Crippen molar-refractivity contribution in [2.24, 2.45) is 5.10 Å². The first kappa shape index (κ1) is 21.1. The quantitative estimate of drug-likeness (QED) is 0.279. The largest absolute Gasteiger partial charge is 0.313 e. The molecule has 160 valence electrons. The van der Waals surface area contributed by atoms with E-state index in [0.29, 0.717) is 27.9 Å². The van der Waals surface area contributed by atoms with Crippen LogP contribution in [0, 0.1) is 18.6 Å². The van der Waals surface area contributed by atoms with Gasteiger partial charge in [0.05, 0.1) is 23.8 Å². The number of rotatable bonds is 6. The molecule has 2 heterocycles. The number of benzene rings is 2. The molecule has 0 unspecified atom stereocenters. The van der Waals surface area contributed by atoms with Crippen molar-refractivity contribution in [1.29, 1.82) is 0 Å². The molecular formula is C25H19F2N3O2. The minimum absolute atomic E-state index is 0.0570. The first-order valence-corrected chi connectivity index (χ1v) is 9.90. The van der Waals surface area contributed by atoms with Crippen LogP contribution in [0.1, 0.15) is 32.7 Å². The normalized spacial score (nSPS) is 11.2. The van der Waals surface area contributed by atoms with Crippen molar-refractivity contribution in [3.05, 3.63) is 113 Å². The minimum Gasteiger partial charge on any atom is -0.313 e. The molecule has 0 aliphatic carbocycles. The lowest BCUT2D eigenvalue weighted by Crippen LogP contribution is -2.19. The number of hydrogen-bond acceptors (Lipinski definition) is 3. The summed E-state index contributed by atoms with van der Waals surface area (Å²) in [4.78, 5) is 25.3. The summed E-state index contributed by atoms with van der Waals surface area (Å²) in [5, 5.41) is 4.05. The van der Waals surface area contributed by atoms with Gasteiger partial charge in [-0.2, -0.15) is 5.10 Å². The van der Waals surface area contributed by atoms with Gasteiger partial charge in [-0.1, -0.05) is 18.2 Å². The number of aromatic nitrogens is 1. The van der Waals surface area contributed by atoms with Gasteiger partial charge in [0.1, 0.15) is 11.6 Å². The Balaban J connectivity index is 1.59. The van der Waals surface area contributed by atoms with Crippen LogP contribution in [-0.4, -0.2) is 22.3 Å². The maximum absolute atomic E-state index is 13.3. The summed E-state index contributed by atoms with van der Waals surface area (Å²) < 4.78 is 28.0. The first-order chi connectivity index (χ1) is 15.4. The van der Waals surface area contributed by atoms with Crippen LogP contribution in [0.15, 0.2) is 78.0 Å². The summed E-state index contributed by atoms with van der Waals surface area (Å²) in [5.41, 5.74) is 6.04. The predicted molar refractivity (Wildman–Crippen MR) is 118 cm³/mol. The second kappa shape index (κ2) is 8.93. The molecular weight excluding hydrogens is 412 g/mol. The van der Waals surface area contributed by atoms with E-state index in [1.165, 1.54) is 54.7 Å². The number of pyridine rings is 1. The molecule has 2 aromatic carbocycles. The Kier molecular flexibility index (Phi) is 5.89. The molecule has 1 amide bonds. The van der Waals surface area contributed by atoms with Gasteiger partial charge >= 0.3 is 0 Å². The lowest BCUT2D eigenvalue weighted by molar-refractivity contribution is -0.120. The Morgan fingerprint density at radius 2 is 1.62 bits per heavy atom. The van der Waals surface area contributed by atoms with Crippen LogP contribution in [0.5, 0.6) is 0 Å². The first-order valence-electron chi connectivity index (χ1n) is 9.90. The SMILES string of the molecule is Cc1c(/C=N/NC(=O)Cc2ccc(F)cc2)c2ccccn2c1C(=O)c1ccc(F)cc1. The smallest absolute Gasteiger partial charge is 0.244 e. The van der Waals surface area contributed by atoms with Crippen molar-refractivity contribution < 1.29 is 18.4 Å². The van der Waals surface area contributed by atoms with E-state index in [1.54, 1.807) is 23.6 Å². The fourth-order valence-corrected chi connectivity index (χ4v) is 3.53. The molecule has 5 nitrogen and oxygen atoms in total. The number of nitrogens with zero attached hydrogens (tertiary/aromatic N) is 2. The number of hydrazone groups is 1. The van der Waals surface area contributed by atoms with Gasteiger partial charge in [-0.3, -0.25) is 9.59 Å². The van der Waals surface area contributed by atoms with Gasteiger partial charge < -0.3 is 4.40 Å². The Morgan fingerprint density at radius 3 is 2.31 bits per heavy atom. The van der Waals surface area contributed by atoms with Gasteiger partial charge in [0.25, 0.3) is 0 Å². The van der Waals surface area contributed by atoms with Crippen LogP contribution in [0.25, 0.3) is 5.52 Å². The molecule has 4 aromatic rings. The highest BCUT2D eigenvalue weighted by Crippen LogP contribution is 2.24. The fourth-order valence-electron chi connectivity index (χ4n) is 3.53. The number of halogens is 2. The highest BCUT2D eigenvalue weighted by Gasteiger charge is 2.21. The second-order valence-electron chi connectivity index (χ2n) is 7.28. The van der Waals surface area contributed by atoms with Crippen LogP contribution in [0.4, 0.5) is 8.78 Å². The summed E-state index contributed by atoms with van der Waals surface area (Å²) in [7, 11) is 0. The Bertz CT molecular complexity index is 1320. The topological polar surface area (TPSA) is 62.9 Å². The van der Waals surface area contributed by atoms with Crippen molar-refractivity contribution in [2.45, 2.75) is 13.3 Å². The van der Waals surface area contributed by atoms with Gasteiger partial charge in [0.2, 0.25) is 11.7 Å². The maximum Gasteiger partial charge on any atom is 0.244 e. The number of carbonyl (C=O) groups is 2. The van der Waals surface area contributed by atoms with Gasteiger partial charge in [-0.15, -0.1) is 0 Å². The lowest BCUT2D eigenvalue weighted by Gasteiger charge is -2.04. The van der Waals surface area contributed by atoms with Gasteiger partial charge in [0, 0.05) is 17.3 Å². The molecule has 0 aliphatic heterocycles. The van der Waals surface area contributed by atoms with Crippen molar-refractivity contribution in [3.63, 3.8) is 0 Å². The van der Waals surface area contributed by atoms with Crippen LogP contribution in [-0.2, 0) is 11.2 Å². The van der Waals surface area contributed by atoms with E-state index >= 15 is 0 Å². The molecule has 0 spiro atoms. The molecule has 0 saturated carbocycles. The predicted octanol–water partition coefficient (Wildman–Crippen LogP) is 4.45. The van der Waals surface area contributed by atoms with E-state index in [-0.39, 0.29) is 23.9 Å². The molecule has 32 heavy (non-hydrogen) atoms. The molecule has 0 radical (unpaired) electrons. The number of hydrogen-bond donors (Lipinski definition) is 1. The zero-order valence-corrected chi connectivity index (χ0v) is 17.2. The van der Waals surface area contributed by atoms with Gasteiger partial charge in [0.15, 0.2) is 0 Å². The van der Waals surface area contributed by atoms with E-state index in [9.17, 15) is 18.4 Å². The van der Waals surface area contributed by atoms with Crippen molar-refractivity contribution >= 4 is 23.4 Å². The van der Waals surface area contributed by atoms with Crippen molar-refractivity contribution in [1.82, 2.24) is 9.83 Å². The Hall–Kier alpha value is -4.13. The maximum atomic E-state index is 13.3. The Labute approximate surface area is 183 Å². The molecule has 7 heteroatoms. The van der Waals surface area contributed by atoms with Crippen LogP contribution in [0.3, 0.4) is 0 Å². The molecule has 0 atom stereocenters. The number of nitrogens with one attached hydrogen (secondary N) is 1. The molecule has 0 bridgehead atoms. The minimum atomic E-state index is -0.414. The van der Waals surface area contributed by atoms with Crippen LogP contribution < -0.4 is 5.43 Å². The zero-order chi connectivity index (χ0) is 22.7. The molecule has 0 saturated heterocycles. The summed E-state index contributed by atoms with van der Waals surface area (Å²) in [6, 6.07) is 16.5. The van der Waals surface area contributed by atoms with E-state index in [1.807, 2.05) is 12.1 Å². The molecule has 0 aliphatic rings. The third-order valence-electron chi connectivity index (χ3n) is 5.12. The van der Waals surface area contributed by atoms with Crippen LogP contribution >= 0.6 is 0 Å². The highest BCUT2D eigenvalue weighted by molar-refractivity contribution is 6.12.